The standard InChI is InChI=1S/C19H28N4O2/c1-14(2)22(15(3)4)12-11-20-19(24)18-17(25-5)13-23(21-18)16-9-7-6-8-10-16/h6-10,13-15H,11-12H2,1-5H3,(H,20,24). The third kappa shape index (κ3) is 4.82. The van der Waals surface area contributed by atoms with Gasteiger partial charge in [0.25, 0.3) is 5.91 Å². The van der Waals surface area contributed by atoms with Crippen molar-refractivity contribution in [1.29, 1.82) is 0 Å². The molecule has 136 valence electrons. The lowest BCUT2D eigenvalue weighted by Gasteiger charge is -2.30. The molecule has 1 N–H and O–H groups in total. The van der Waals surface area contributed by atoms with Crippen molar-refractivity contribution in [1.82, 2.24) is 20.0 Å². The number of benzene rings is 1. The highest BCUT2D eigenvalue weighted by Crippen LogP contribution is 2.19. The number of aromatic nitrogens is 2. The molecule has 0 aliphatic rings. The number of nitrogens with zero attached hydrogens (tertiary/aromatic N) is 3. The van der Waals surface area contributed by atoms with Gasteiger partial charge < -0.3 is 10.1 Å². The lowest BCUT2D eigenvalue weighted by atomic mass is 10.2. The minimum atomic E-state index is -0.223. The molecule has 0 unspecified atom stereocenters. The Kier molecular flexibility index (Phi) is 6.58. The van der Waals surface area contributed by atoms with Crippen LogP contribution in [0.3, 0.4) is 0 Å². The molecule has 6 heteroatoms. The summed E-state index contributed by atoms with van der Waals surface area (Å²) in [5, 5.41) is 7.33. The predicted molar refractivity (Wildman–Crippen MR) is 99.4 cm³/mol. The molecular formula is C19H28N4O2. The van der Waals surface area contributed by atoms with Gasteiger partial charge in [0.1, 0.15) is 0 Å². The van der Waals surface area contributed by atoms with Gasteiger partial charge in [-0.05, 0) is 39.8 Å². The van der Waals surface area contributed by atoms with Crippen molar-refractivity contribution in [2.24, 2.45) is 0 Å². The molecule has 25 heavy (non-hydrogen) atoms. The van der Waals surface area contributed by atoms with E-state index in [4.69, 9.17) is 4.74 Å². The van der Waals surface area contributed by atoms with E-state index in [1.165, 1.54) is 0 Å². The highest BCUT2D eigenvalue weighted by Gasteiger charge is 2.19. The second-order valence-corrected chi connectivity index (χ2v) is 6.51. The number of nitrogens with one attached hydrogen (secondary N) is 1. The van der Waals surface area contributed by atoms with Crippen molar-refractivity contribution in [3.05, 3.63) is 42.2 Å². The van der Waals surface area contributed by atoms with Gasteiger partial charge in [0.05, 0.1) is 19.0 Å². The Morgan fingerprint density at radius 2 is 1.84 bits per heavy atom. The zero-order chi connectivity index (χ0) is 18.4. The molecule has 6 nitrogen and oxygen atoms in total. The Morgan fingerprint density at radius 1 is 1.20 bits per heavy atom. The number of ether oxygens (including phenoxy) is 1. The number of carbonyl (C=O) groups excluding carboxylic acids is 1. The second kappa shape index (κ2) is 8.67. The fraction of sp³-hybridized carbons (Fsp3) is 0.474. The first-order chi connectivity index (χ1) is 11.9. The summed E-state index contributed by atoms with van der Waals surface area (Å²) in [4.78, 5) is 14.8. The molecule has 0 spiro atoms. The van der Waals surface area contributed by atoms with Crippen molar-refractivity contribution in [2.75, 3.05) is 20.2 Å². The summed E-state index contributed by atoms with van der Waals surface area (Å²) >= 11 is 0. The third-order valence-corrected chi connectivity index (χ3v) is 4.12. The van der Waals surface area contributed by atoms with Gasteiger partial charge in [-0.1, -0.05) is 18.2 Å². The van der Waals surface area contributed by atoms with Gasteiger partial charge in [-0.3, -0.25) is 9.69 Å². The van der Waals surface area contributed by atoms with Crippen molar-refractivity contribution in [3.8, 4) is 11.4 Å². The first-order valence-corrected chi connectivity index (χ1v) is 8.67. The molecule has 1 amide bonds. The van der Waals surface area contributed by atoms with Gasteiger partial charge in [0.15, 0.2) is 11.4 Å². The maximum Gasteiger partial charge on any atom is 0.275 e. The quantitative estimate of drug-likeness (QED) is 0.800. The summed E-state index contributed by atoms with van der Waals surface area (Å²) in [6.07, 6.45) is 1.72. The van der Waals surface area contributed by atoms with E-state index < -0.39 is 0 Å². The minimum Gasteiger partial charge on any atom is -0.493 e. The Labute approximate surface area is 149 Å². The van der Waals surface area contributed by atoms with Crippen LogP contribution in [0.1, 0.15) is 38.2 Å². The lowest BCUT2D eigenvalue weighted by molar-refractivity contribution is 0.0931. The molecule has 0 saturated carbocycles. The molecule has 0 bridgehead atoms. The molecule has 0 radical (unpaired) electrons. The van der Waals surface area contributed by atoms with Crippen LogP contribution in [-0.2, 0) is 0 Å². The Morgan fingerprint density at radius 3 is 2.40 bits per heavy atom. The highest BCUT2D eigenvalue weighted by atomic mass is 16.5. The van der Waals surface area contributed by atoms with Gasteiger partial charge in [0, 0.05) is 25.2 Å². The van der Waals surface area contributed by atoms with Gasteiger partial charge in [-0.2, -0.15) is 5.10 Å². The summed E-state index contributed by atoms with van der Waals surface area (Å²) in [6.45, 7) is 10.00. The monoisotopic (exact) mass is 344 g/mol. The van der Waals surface area contributed by atoms with E-state index in [0.717, 1.165) is 12.2 Å². The summed E-state index contributed by atoms with van der Waals surface area (Å²) in [7, 11) is 1.54. The van der Waals surface area contributed by atoms with Gasteiger partial charge >= 0.3 is 0 Å². The summed E-state index contributed by atoms with van der Waals surface area (Å²) in [5.41, 5.74) is 1.18. The number of para-hydroxylation sites is 1. The van der Waals surface area contributed by atoms with Gasteiger partial charge in [-0.25, -0.2) is 4.68 Å². The molecule has 0 saturated heterocycles. The van der Waals surface area contributed by atoms with Crippen molar-refractivity contribution in [2.45, 2.75) is 39.8 Å². The molecule has 0 fully saturated rings. The third-order valence-electron chi connectivity index (χ3n) is 4.12. The normalized spacial score (nSPS) is 11.4. The van der Waals surface area contributed by atoms with Crippen molar-refractivity contribution < 1.29 is 9.53 Å². The molecule has 2 rings (SSSR count). The first kappa shape index (κ1) is 19.0. The molecule has 0 aliphatic carbocycles. The summed E-state index contributed by atoms with van der Waals surface area (Å²) < 4.78 is 6.97. The predicted octanol–water partition coefficient (Wildman–Crippen LogP) is 2.73. The zero-order valence-corrected chi connectivity index (χ0v) is 15.7. The number of hydrogen-bond donors (Lipinski definition) is 1. The van der Waals surface area contributed by atoms with Crippen LogP contribution < -0.4 is 10.1 Å². The number of rotatable bonds is 8. The molecule has 0 aliphatic heterocycles. The fourth-order valence-electron chi connectivity index (χ4n) is 2.87. The van der Waals surface area contributed by atoms with Crippen LogP contribution in [0.4, 0.5) is 0 Å². The topological polar surface area (TPSA) is 59.4 Å². The Hall–Kier alpha value is -2.34. The number of amides is 1. The molecular weight excluding hydrogens is 316 g/mol. The van der Waals surface area contributed by atoms with E-state index in [1.54, 1.807) is 18.0 Å². The van der Waals surface area contributed by atoms with Crippen LogP contribution in [0.2, 0.25) is 0 Å². The Bertz CT molecular complexity index is 672. The van der Waals surface area contributed by atoms with E-state index in [0.29, 0.717) is 30.1 Å². The van der Waals surface area contributed by atoms with E-state index in [9.17, 15) is 4.79 Å². The van der Waals surface area contributed by atoms with Crippen LogP contribution >= 0.6 is 0 Å². The average Bonchev–Trinajstić information content (AvgIpc) is 3.03. The maximum absolute atomic E-state index is 12.5. The van der Waals surface area contributed by atoms with Gasteiger partial charge in [-0.15, -0.1) is 0 Å². The first-order valence-electron chi connectivity index (χ1n) is 8.67. The van der Waals surface area contributed by atoms with E-state index in [-0.39, 0.29) is 5.91 Å². The van der Waals surface area contributed by atoms with Crippen molar-refractivity contribution in [3.63, 3.8) is 0 Å². The average molecular weight is 344 g/mol. The van der Waals surface area contributed by atoms with Crippen LogP contribution in [-0.4, -0.2) is 52.9 Å². The number of methoxy groups -OCH3 is 1. The molecule has 2 aromatic rings. The van der Waals surface area contributed by atoms with Crippen LogP contribution in [0.25, 0.3) is 5.69 Å². The highest BCUT2D eigenvalue weighted by molar-refractivity contribution is 5.94. The van der Waals surface area contributed by atoms with Crippen molar-refractivity contribution >= 4 is 5.91 Å². The van der Waals surface area contributed by atoms with E-state index >= 15 is 0 Å². The maximum atomic E-state index is 12.5. The number of carbonyl (C=O) groups is 1. The fourth-order valence-corrected chi connectivity index (χ4v) is 2.87. The Balaban J connectivity index is 2.05. The van der Waals surface area contributed by atoms with Crippen LogP contribution in [0.15, 0.2) is 36.5 Å². The smallest absolute Gasteiger partial charge is 0.275 e. The molecule has 0 atom stereocenters. The van der Waals surface area contributed by atoms with E-state index in [1.807, 2.05) is 30.3 Å². The molecule has 1 aromatic carbocycles. The summed E-state index contributed by atoms with van der Waals surface area (Å²) in [6, 6.07) is 10.5. The zero-order valence-electron chi connectivity index (χ0n) is 15.7. The molecule has 1 heterocycles. The molecule has 1 aromatic heterocycles. The van der Waals surface area contributed by atoms with Gasteiger partial charge in [0.2, 0.25) is 0 Å². The largest absolute Gasteiger partial charge is 0.493 e. The second-order valence-electron chi connectivity index (χ2n) is 6.51. The summed E-state index contributed by atoms with van der Waals surface area (Å²) in [5.74, 6) is 0.241. The van der Waals surface area contributed by atoms with Crippen LogP contribution in [0, 0.1) is 0 Å². The van der Waals surface area contributed by atoms with E-state index in [2.05, 4.69) is 43.0 Å². The SMILES string of the molecule is COc1cn(-c2ccccc2)nc1C(=O)NCCN(C(C)C)C(C)C. The minimum absolute atomic E-state index is 0.223. The lowest BCUT2D eigenvalue weighted by Crippen LogP contribution is -2.42. The van der Waals surface area contributed by atoms with Crippen LogP contribution in [0.5, 0.6) is 5.75 Å². The number of hydrogen-bond acceptors (Lipinski definition) is 4.